The molecule has 2 saturated heterocycles. The van der Waals surface area contributed by atoms with Crippen molar-refractivity contribution in [3.63, 3.8) is 0 Å². The molecule has 0 spiro atoms. The highest BCUT2D eigenvalue weighted by molar-refractivity contribution is 6.35. The number of anilines is 1. The highest BCUT2D eigenvalue weighted by Crippen LogP contribution is 2.36. The molecule has 2 aliphatic heterocycles. The molecule has 2 fully saturated rings. The summed E-state index contributed by atoms with van der Waals surface area (Å²) in [5.41, 5.74) is 3.22. The second kappa shape index (κ2) is 12.2. The number of aliphatic carboxylic acids is 1. The topological polar surface area (TPSA) is 55.8 Å². The van der Waals surface area contributed by atoms with Crippen molar-refractivity contribution in [1.82, 2.24) is 9.80 Å². The number of nitrogens with zero attached hydrogens (tertiary/aromatic N) is 2. The lowest BCUT2D eigenvalue weighted by atomic mass is 9.88. The highest BCUT2D eigenvalue weighted by atomic mass is 35.5. The lowest BCUT2D eigenvalue weighted by Crippen LogP contribution is -2.50. The molecule has 0 aliphatic carbocycles. The highest BCUT2D eigenvalue weighted by Gasteiger charge is 2.29. The number of rotatable bonds is 8. The van der Waals surface area contributed by atoms with Gasteiger partial charge in [0.15, 0.2) is 0 Å². The monoisotopic (exact) mass is 537 g/mol. The van der Waals surface area contributed by atoms with E-state index >= 15 is 0 Å². The van der Waals surface area contributed by atoms with Gasteiger partial charge in [-0.25, -0.2) is 0 Å². The smallest absolute Gasteiger partial charge is 0.304 e. The summed E-state index contributed by atoms with van der Waals surface area (Å²) in [6.07, 6.45) is 4.81. The van der Waals surface area contributed by atoms with Crippen molar-refractivity contribution in [2.75, 3.05) is 38.0 Å². The maximum Gasteiger partial charge on any atom is 0.304 e. The first-order chi connectivity index (χ1) is 16.8. The van der Waals surface area contributed by atoms with E-state index in [9.17, 15) is 4.79 Å². The molecule has 4 rings (SSSR count). The average molecular weight is 539 g/mol. The summed E-state index contributed by atoms with van der Waals surface area (Å²) in [7, 11) is 0. The second-order valence-electron chi connectivity index (χ2n) is 9.82. The number of carboxylic acids is 1. The molecular formula is C27H34Cl3N3O2. The van der Waals surface area contributed by atoms with E-state index in [2.05, 4.69) is 34.2 Å². The van der Waals surface area contributed by atoms with Gasteiger partial charge in [0, 0.05) is 29.2 Å². The van der Waals surface area contributed by atoms with Crippen molar-refractivity contribution < 1.29 is 9.90 Å². The zero-order chi connectivity index (χ0) is 24.9. The fourth-order valence-electron chi connectivity index (χ4n) is 5.46. The van der Waals surface area contributed by atoms with Crippen LogP contribution in [0.1, 0.15) is 62.1 Å². The Labute approximate surface area is 223 Å². The minimum Gasteiger partial charge on any atom is -0.481 e. The molecule has 0 bridgehead atoms. The molecule has 2 unspecified atom stereocenters. The van der Waals surface area contributed by atoms with Crippen molar-refractivity contribution >= 4 is 46.5 Å². The normalized spacial score (nSPS) is 21.1. The van der Waals surface area contributed by atoms with Gasteiger partial charge in [-0.1, -0.05) is 46.9 Å². The summed E-state index contributed by atoms with van der Waals surface area (Å²) in [6, 6.07) is 12.4. The molecule has 0 saturated carbocycles. The third-order valence-electron chi connectivity index (χ3n) is 7.43. The molecule has 190 valence electrons. The number of nitrogens with one attached hydrogen (secondary N) is 1. The Balaban J connectivity index is 1.35. The molecule has 2 aliphatic rings. The van der Waals surface area contributed by atoms with E-state index in [-0.39, 0.29) is 12.5 Å². The first-order valence-electron chi connectivity index (χ1n) is 12.5. The number of benzene rings is 2. The molecule has 2 N–H and O–H groups in total. The fourth-order valence-corrected chi connectivity index (χ4v) is 6.20. The van der Waals surface area contributed by atoms with Crippen LogP contribution >= 0.6 is 34.8 Å². The third kappa shape index (κ3) is 7.05. The van der Waals surface area contributed by atoms with Crippen molar-refractivity contribution in [2.24, 2.45) is 0 Å². The lowest BCUT2D eigenvalue weighted by molar-refractivity contribution is -0.137. The van der Waals surface area contributed by atoms with E-state index in [1.54, 1.807) is 6.07 Å². The van der Waals surface area contributed by atoms with Crippen LogP contribution in [0.15, 0.2) is 36.4 Å². The SMILES string of the molecule is CC(Nc1cc(C2CCN(C3CCCN(CCC(=O)O)C3)CC2)ccc1Cl)c1ccc(Cl)cc1Cl. The molecular weight excluding hydrogens is 505 g/mol. The Morgan fingerprint density at radius 3 is 2.54 bits per heavy atom. The summed E-state index contributed by atoms with van der Waals surface area (Å²) in [5, 5.41) is 14.5. The minimum atomic E-state index is -0.713. The van der Waals surface area contributed by atoms with Gasteiger partial charge in [-0.3, -0.25) is 9.69 Å². The van der Waals surface area contributed by atoms with Crippen LogP contribution in [0.4, 0.5) is 5.69 Å². The van der Waals surface area contributed by atoms with E-state index in [1.807, 2.05) is 18.2 Å². The molecule has 8 heteroatoms. The van der Waals surface area contributed by atoms with Gasteiger partial charge in [0.25, 0.3) is 0 Å². The second-order valence-corrected chi connectivity index (χ2v) is 11.1. The van der Waals surface area contributed by atoms with Gasteiger partial charge in [0.1, 0.15) is 0 Å². The molecule has 5 nitrogen and oxygen atoms in total. The van der Waals surface area contributed by atoms with Crippen LogP contribution in [-0.4, -0.2) is 59.6 Å². The van der Waals surface area contributed by atoms with E-state index in [0.29, 0.717) is 33.6 Å². The van der Waals surface area contributed by atoms with Gasteiger partial charge < -0.3 is 15.3 Å². The Hall–Kier alpha value is -1.50. The first kappa shape index (κ1) is 26.6. The zero-order valence-electron chi connectivity index (χ0n) is 20.2. The predicted molar refractivity (Wildman–Crippen MR) is 145 cm³/mol. The summed E-state index contributed by atoms with van der Waals surface area (Å²) in [6.45, 7) is 6.87. The molecule has 2 aromatic carbocycles. The molecule has 2 atom stereocenters. The van der Waals surface area contributed by atoms with Crippen LogP contribution in [0.25, 0.3) is 0 Å². The minimum absolute atomic E-state index is 0.00950. The quantitative estimate of drug-likeness (QED) is 0.381. The van der Waals surface area contributed by atoms with Crippen LogP contribution < -0.4 is 5.32 Å². The molecule has 35 heavy (non-hydrogen) atoms. The van der Waals surface area contributed by atoms with Crippen LogP contribution in [0.2, 0.25) is 15.1 Å². The largest absolute Gasteiger partial charge is 0.481 e. The number of hydrogen-bond donors (Lipinski definition) is 2. The van der Waals surface area contributed by atoms with Crippen LogP contribution in [0.5, 0.6) is 0 Å². The number of carboxylic acid groups (broad SMARTS) is 1. The molecule has 0 radical (unpaired) electrons. The van der Waals surface area contributed by atoms with Gasteiger partial charge in [0.05, 0.1) is 23.2 Å². The van der Waals surface area contributed by atoms with Crippen LogP contribution in [0, 0.1) is 0 Å². The van der Waals surface area contributed by atoms with Crippen LogP contribution in [0.3, 0.4) is 0 Å². The van der Waals surface area contributed by atoms with E-state index in [0.717, 1.165) is 56.7 Å². The third-order valence-corrected chi connectivity index (χ3v) is 8.32. The maximum absolute atomic E-state index is 10.9. The fraction of sp³-hybridized carbons (Fsp3) is 0.519. The summed E-state index contributed by atoms with van der Waals surface area (Å²) in [5.74, 6) is -0.208. The van der Waals surface area contributed by atoms with Crippen molar-refractivity contribution in [3.05, 3.63) is 62.6 Å². The predicted octanol–water partition coefficient (Wildman–Crippen LogP) is 6.94. The Kier molecular flexibility index (Phi) is 9.23. The van der Waals surface area contributed by atoms with Gasteiger partial charge in [-0.15, -0.1) is 0 Å². The number of hydrogen-bond acceptors (Lipinski definition) is 4. The summed E-state index contributed by atoms with van der Waals surface area (Å²) < 4.78 is 0. The van der Waals surface area contributed by atoms with E-state index in [1.165, 1.54) is 12.0 Å². The van der Waals surface area contributed by atoms with Gasteiger partial charge >= 0.3 is 5.97 Å². The molecule has 2 aromatic rings. The Morgan fingerprint density at radius 2 is 1.83 bits per heavy atom. The van der Waals surface area contributed by atoms with E-state index in [4.69, 9.17) is 39.9 Å². The van der Waals surface area contributed by atoms with Crippen molar-refractivity contribution in [3.8, 4) is 0 Å². The number of piperidine rings is 2. The number of likely N-dealkylation sites (tertiary alicyclic amines) is 2. The van der Waals surface area contributed by atoms with Gasteiger partial charge in [-0.2, -0.15) is 0 Å². The van der Waals surface area contributed by atoms with Crippen molar-refractivity contribution in [2.45, 2.75) is 57.0 Å². The van der Waals surface area contributed by atoms with Gasteiger partial charge in [0.2, 0.25) is 0 Å². The Bertz CT molecular complexity index is 1030. The Morgan fingerprint density at radius 1 is 1.06 bits per heavy atom. The standard InChI is InChI=1S/C27H34Cl3N3O2/c1-18(23-6-5-21(28)16-25(23)30)31-26-15-20(4-7-24(26)29)19-8-13-33(14-9-19)22-3-2-11-32(17-22)12-10-27(34)35/h4-7,15-16,18-19,22,31H,2-3,8-14,17H2,1H3,(H,34,35). The lowest BCUT2D eigenvalue weighted by Gasteiger charge is -2.42. The summed E-state index contributed by atoms with van der Waals surface area (Å²) in [4.78, 5) is 15.9. The van der Waals surface area contributed by atoms with Crippen molar-refractivity contribution in [1.29, 1.82) is 0 Å². The number of halogens is 3. The summed E-state index contributed by atoms with van der Waals surface area (Å²) >= 11 is 19.0. The van der Waals surface area contributed by atoms with E-state index < -0.39 is 5.97 Å². The number of carbonyl (C=O) groups is 1. The van der Waals surface area contributed by atoms with Crippen LogP contribution in [-0.2, 0) is 4.79 Å². The zero-order valence-corrected chi connectivity index (χ0v) is 22.4. The molecule has 0 aromatic heterocycles. The first-order valence-corrected chi connectivity index (χ1v) is 13.6. The molecule has 2 heterocycles. The molecule has 0 amide bonds. The maximum atomic E-state index is 10.9. The van der Waals surface area contributed by atoms with Gasteiger partial charge in [-0.05, 0) is 93.6 Å². The average Bonchev–Trinajstić information content (AvgIpc) is 2.84.